The van der Waals surface area contributed by atoms with Gasteiger partial charge in [0.25, 0.3) is 5.91 Å². The summed E-state index contributed by atoms with van der Waals surface area (Å²) in [4.78, 5) is 52.4. The van der Waals surface area contributed by atoms with Gasteiger partial charge in [-0.15, -0.1) is 0 Å². The number of carbonyl (C=O) groups is 3. The zero-order valence-corrected chi connectivity index (χ0v) is 31.9. The molecule has 2 atom stereocenters. The molecule has 3 N–H and O–H groups in total. The van der Waals surface area contributed by atoms with Crippen molar-refractivity contribution in [2.45, 2.75) is 99.8 Å². The van der Waals surface area contributed by atoms with E-state index in [1.54, 1.807) is 41.4 Å². The molecule has 1 aliphatic carbocycles. The Balaban J connectivity index is 0.761. The Kier molecular flexibility index (Phi) is 9.76. The standard InChI is InChI=1S/C40H46N8O7S/c49-35-12-11-34(38(51)43-35)47-22-27-18-25(8-10-33(27)39(47)52)21-45-23-31(24-45)55-30-6-3-7-32(19-30)56(53,54)46-16-14-28(15-17-46)42-40-41-20-26-9-13-36(50)48(37(26)44-40)29-4-1-2-5-29/h3,6-10,13,18-20,28-29,31,34,36,50H,1-2,4-5,11-12,14-17,21-24H2,(H,41,42,44)(H,43,49,51). The van der Waals surface area contributed by atoms with Gasteiger partial charge in [-0.25, -0.2) is 13.4 Å². The number of aliphatic hydroxyl groups excluding tert-OH is 1. The number of rotatable bonds is 10. The summed E-state index contributed by atoms with van der Waals surface area (Å²) in [5.74, 6) is 0.811. The van der Waals surface area contributed by atoms with Crippen molar-refractivity contribution in [2.24, 2.45) is 0 Å². The number of nitrogens with zero attached hydrogens (tertiary/aromatic N) is 6. The number of nitrogens with one attached hydrogen (secondary N) is 2. The van der Waals surface area contributed by atoms with Crippen LogP contribution in [0.25, 0.3) is 6.08 Å². The number of aliphatic hydroxyl groups is 1. The molecular formula is C40H46N8O7S. The average molecular weight is 783 g/mol. The normalized spacial score (nSPS) is 23.9. The van der Waals surface area contributed by atoms with Crippen molar-refractivity contribution in [3.8, 4) is 5.75 Å². The number of fused-ring (bicyclic) bond motifs is 2. The lowest BCUT2D eigenvalue weighted by Gasteiger charge is -2.39. The third-order valence-corrected chi connectivity index (χ3v) is 13.8. The van der Waals surface area contributed by atoms with Gasteiger partial charge in [0, 0.05) is 81.2 Å². The summed E-state index contributed by atoms with van der Waals surface area (Å²) in [5, 5.41) is 16.5. The number of carbonyl (C=O) groups excluding carboxylic acids is 3. The van der Waals surface area contributed by atoms with E-state index in [4.69, 9.17) is 9.72 Å². The zero-order chi connectivity index (χ0) is 38.6. The fraction of sp³-hybridized carbons (Fsp3) is 0.475. The van der Waals surface area contributed by atoms with Gasteiger partial charge in [-0.2, -0.15) is 9.29 Å². The van der Waals surface area contributed by atoms with Crippen molar-refractivity contribution in [3.05, 3.63) is 77.0 Å². The monoisotopic (exact) mass is 782 g/mol. The quantitative estimate of drug-likeness (QED) is 0.257. The van der Waals surface area contributed by atoms with Crippen LogP contribution in [0.1, 0.15) is 78.4 Å². The second-order valence-electron chi connectivity index (χ2n) is 15.7. The minimum Gasteiger partial charge on any atom is -0.488 e. The van der Waals surface area contributed by atoms with Crippen molar-refractivity contribution in [3.63, 3.8) is 0 Å². The topological polar surface area (TPSA) is 178 Å². The van der Waals surface area contributed by atoms with E-state index in [9.17, 15) is 27.9 Å². The summed E-state index contributed by atoms with van der Waals surface area (Å²) in [6.07, 6.45) is 10.7. The first-order chi connectivity index (χ1) is 27.1. The Morgan fingerprint density at radius 3 is 2.57 bits per heavy atom. The highest BCUT2D eigenvalue weighted by atomic mass is 32.2. The third kappa shape index (κ3) is 7.14. The van der Waals surface area contributed by atoms with Crippen LogP contribution in [0.2, 0.25) is 0 Å². The van der Waals surface area contributed by atoms with E-state index in [0.29, 0.717) is 75.8 Å². The number of aromatic nitrogens is 2. The molecule has 16 heteroatoms. The number of anilines is 2. The van der Waals surface area contributed by atoms with Crippen LogP contribution in [-0.4, -0.2) is 112 Å². The number of piperidine rings is 2. The largest absolute Gasteiger partial charge is 0.488 e. The van der Waals surface area contributed by atoms with Gasteiger partial charge in [-0.05, 0) is 73.6 Å². The molecule has 1 aromatic heterocycles. The molecule has 3 amide bonds. The first-order valence-electron chi connectivity index (χ1n) is 19.6. The first kappa shape index (κ1) is 36.7. The Hall–Kier alpha value is -4.90. The molecule has 6 aliphatic rings. The number of hydrogen-bond acceptors (Lipinski definition) is 12. The highest BCUT2D eigenvalue weighted by molar-refractivity contribution is 7.89. The van der Waals surface area contributed by atoms with E-state index < -0.39 is 28.2 Å². The third-order valence-electron chi connectivity index (χ3n) is 11.9. The minimum absolute atomic E-state index is 0.00606. The lowest BCUT2D eigenvalue weighted by molar-refractivity contribution is -0.136. The van der Waals surface area contributed by atoms with E-state index in [1.807, 2.05) is 29.2 Å². The summed E-state index contributed by atoms with van der Waals surface area (Å²) in [6, 6.07) is 12.1. The van der Waals surface area contributed by atoms with Crippen LogP contribution in [0, 0.1) is 0 Å². The van der Waals surface area contributed by atoms with Crippen molar-refractivity contribution in [1.29, 1.82) is 0 Å². The average Bonchev–Trinajstić information content (AvgIpc) is 3.82. The Morgan fingerprint density at radius 2 is 1.79 bits per heavy atom. The number of hydrogen-bond donors (Lipinski definition) is 3. The molecule has 5 aliphatic heterocycles. The van der Waals surface area contributed by atoms with Gasteiger partial charge in [0.1, 0.15) is 29.9 Å². The lowest BCUT2D eigenvalue weighted by atomic mass is 10.0. The van der Waals surface area contributed by atoms with Crippen LogP contribution in [0.3, 0.4) is 0 Å². The molecule has 15 nitrogen and oxygen atoms in total. The van der Waals surface area contributed by atoms with Gasteiger partial charge in [-0.3, -0.25) is 24.6 Å². The molecule has 0 spiro atoms. The number of amides is 3. The summed E-state index contributed by atoms with van der Waals surface area (Å²) >= 11 is 0. The van der Waals surface area contributed by atoms with Crippen LogP contribution in [0.15, 0.2) is 59.6 Å². The smallest absolute Gasteiger partial charge is 0.255 e. The van der Waals surface area contributed by atoms with E-state index in [0.717, 1.165) is 48.2 Å². The predicted molar refractivity (Wildman–Crippen MR) is 206 cm³/mol. The second kappa shape index (κ2) is 14.9. The zero-order valence-electron chi connectivity index (χ0n) is 31.0. The molecule has 2 aromatic carbocycles. The first-order valence-corrected chi connectivity index (χ1v) is 21.1. The predicted octanol–water partition coefficient (Wildman–Crippen LogP) is 2.86. The second-order valence-corrected chi connectivity index (χ2v) is 17.7. The van der Waals surface area contributed by atoms with Crippen LogP contribution < -0.4 is 20.3 Å². The van der Waals surface area contributed by atoms with Crippen LogP contribution in [0.5, 0.6) is 5.75 Å². The summed E-state index contributed by atoms with van der Waals surface area (Å²) < 4.78 is 35.2. The Morgan fingerprint density at radius 1 is 0.982 bits per heavy atom. The number of ether oxygens (including phenoxy) is 1. The van der Waals surface area contributed by atoms with E-state index >= 15 is 0 Å². The maximum atomic E-state index is 13.7. The maximum absolute atomic E-state index is 13.7. The van der Waals surface area contributed by atoms with Gasteiger partial charge in [0.15, 0.2) is 0 Å². The van der Waals surface area contributed by atoms with E-state index in [1.165, 1.54) is 4.31 Å². The molecule has 0 bridgehead atoms. The molecule has 3 saturated heterocycles. The Labute approximate surface area is 325 Å². The van der Waals surface area contributed by atoms with E-state index in [-0.39, 0.29) is 41.3 Å². The van der Waals surface area contributed by atoms with Crippen molar-refractivity contribution >= 4 is 45.6 Å². The number of sulfonamides is 1. The maximum Gasteiger partial charge on any atom is 0.255 e. The van der Waals surface area contributed by atoms with Crippen molar-refractivity contribution in [2.75, 3.05) is 36.4 Å². The lowest BCUT2D eigenvalue weighted by Crippen LogP contribution is -2.53. The highest BCUT2D eigenvalue weighted by Crippen LogP contribution is 2.35. The van der Waals surface area contributed by atoms with Gasteiger partial charge in [-0.1, -0.05) is 31.0 Å². The molecule has 294 valence electrons. The number of likely N-dealkylation sites (tertiary alicyclic amines) is 1. The molecule has 56 heavy (non-hydrogen) atoms. The van der Waals surface area contributed by atoms with E-state index in [2.05, 4.69) is 20.5 Å². The van der Waals surface area contributed by atoms with Gasteiger partial charge in [0.05, 0.1) is 4.90 Å². The molecule has 9 rings (SSSR count). The fourth-order valence-corrected chi connectivity index (χ4v) is 10.4. The molecular weight excluding hydrogens is 737 g/mol. The van der Waals surface area contributed by atoms with Gasteiger partial charge in [0.2, 0.25) is 27.8 Å². The van der Waals surface area contributed by atoms with Gasteiger partial charge >= 0.3 is 0 Å². The number of benzene rings is 2. The summed E-state index contributed by atoms with van der Waals surface area (Å²) in [6.45, 7) is 3.04. The summed E-state index contributed by atoms with van der Waals surface area (Å²) in [7, 11) is -3.74. The molecule has 1 saturated carbocycles. The summed E-state index contributed by atoms with van der Waals surface area (Å²) in [5.41, 5.74) is 3.39. The van der Waals surface area contributed by atoms with Crippen molar-refractivity contribution in [1.82, 2.24) is 29.4 Å². The van der Waals surface area contributed by atoms with Crippen LogP contribution in [-0.2, 0) is 32.7 Å². The molecule has 0 radical (unpaired) electrons. The minimum atomic E-state index is -3.74. The molecule has 4 fully saturated rings. The Bertz CT molecular complexity index is 2180. The highest BCUT2D eigenvalue weighted by Gasteiger charge is 2.40. The van der Waals surface area contributed by atoms with Crippen LogP contribution >= 0.6 is 0 Å². The molecule has 2 unspecified atom stereocenters. The molecule has 3 aromatic rings. The van der Waals surface area contributed by atoms with Crippen LogP contribution in [0.4, 0.5) is 11.8 Å². The van der Waals surface area contributed by atoms with Gasteiger partial charge < -0.3 is 25.0 Å². The SMILES string of the molecule is O=C1CCC(N2Cc3cc(CN4CC(Oc5cccc(S(=O)(=O)N6CCC(Nc7ncc8c(n7)N(C7CCCC7)C(O)C=C8)CC6)c5)C4)ccc3C2=O)C(=O)N1. The van der Waals surface area contributed by atoms with Crippen molar-refractivity contribution < 1.29 is 32.6 Å². The molecule has 6 heterocycles. The fourth-order valence-electron chi connectivity index (χ4n) is 8.94. The number of imide groups is 1.